The third-order valence-corrected chi connectivity index (χ3v) is 4.50. The maximum Gasteiger partial charge on any atom is 0.407 e. The van der Waals surface area contributed by atoms with Crippen molar-refractivity contribution in [1.82, 2.24) is 4.90 Å². The Morgan fingerprint density at radius 1 is 1.31 bits per heavy atom. The highest BCUT2D eigenvalue weighted by molar-refractivity contribution is 7.53. The Morgan fingerprint density at radius 2 is 1.81 bits per heavy atom. The first-order chi connectivity index (χ1) is 7.43. The fourth-order valence-corrected chi connectivity index (χ4v) is 3.14. The molecule has 2 aliphatic heterocycles. The lowest BCUT2D eigenvalue weighted by Gasteiger charge is -2.43. The van der Waals surface area contributed by atoms with E-state index in [1.54, 1.807) is 0 Å². The van der Waals surface area contributed by atoms with Gasteiger partial charge >= 0.3 is 13.7 Å². The van der Waals surface area contributed by atoms with E-state index in [9.17, 15) is 9.36 Å². The molecule has 7 heteroatoms. The lowest BCUT2D eigenvalue weighted by atomic mass is 9.80. The van der Waals surface area contributed by atoms with Crippen LogP contribution in [-0.2, 0) is 13.6 Å². The van der Waals surface area contributed by atoms with Gasteiger partial charge in [-0.25, -0.2) is 4.79 Å². The average molecular weight is 249 g/mol. The van der Waals surface area contributed by atoms with E-state index in [1.807, 2.05) is 0 Å². The lowest BCUT2D eigenvalue weighted by molar-refractivity contribution is -0.0213. The molecule has 0 radical (unpaired) electrons. The van der Waals surface area contributed by atoms with E-state index in [4.69, 9.17) is 14.2 Å². The number of carboxylic acid groups (broad SMARTS) is 1. The van der Waals surface area contributed by atoms with Gasteiger partial charge in [0.25, 0.3) is 0 Å². The minimum atomic E-state index is -2.84. The molecule has 2 aliphatic rings. The molecule has 2 rings (SSSR count). The van der Waals surface area contributed by atoms with Crippen LogP contribution in [0.2, 0.25) is 0 Å². The smallest absolute Gasteiger partial charge is 0.407 e. The summed E-state index contributed by atoms with van der Waals surface area (Å²) >= 11 is 0. The summed E-state index contributed by atoms with van der Waals surface area (Å²) in [6.07, 6.45) is 0.534. The van der Waals surface area contributed by atoms with Crippen molar-refractivity contribution in [3.8, 4) is 0 Å². The number of amides is 1. The van der Waals surface area contributed by atoms with E-state index in [1.165, 1.54) is 11.6 Å². The quantitative estimate of drug-likeness (QED) is 0.660. The zero-order chi connectivity index (χ0) is 11.8. The monoisotopic (exact) mass is 249 g/mol. The van der Waals surface area contributed by atoms with E-state index in [0.717, 1.165) is 0 Å². The molecule has 0 aromatic carbocycles. The second-order valence-electron chi connectivity index (χ2n) is 4.59. The zero-order valence-corrected chi connectivity index (χ0v) is 10.1. The Balaban J connectivity index is 1.93. The largest absolute Gasteiger partial charge is 0.465 e. The normalized spacial score (nSPS) is 27.9. The number of carbonyl (C=O) groups is 1. The van der Waals surface area contributed by atoms with Crippen LogP contribution in [0.5, 0.6) is 0 Å². The number of hydrogen-bond acceptors (Lipinski definition) is 4. The summed E-state index contributed by atoms with van der Waals surface area (Å²) < 4.78 is 21.9. The van der Waals surface area contributed by atoms with Crippen molar-refractivity contribution in [3.63, 3.8) is 0 Å². The number of likely N-dealkylation sites (tertiary alicyclic amines) is 1. The van der Waals surface area contributed by atoms with Crippen molar-refractivity contribution < 1.29 is 23.5 Å². The van der Waals surface area contributed by atoms with Gasteiger partial charge < -0.3 is 19.1 Å². The SMILES string of the molecule is CP1(=O)OCC2(CCN(C(=O)O)CC2)CO1. The predicted molar refractivity (Wildman–Crippen MR) is 56.7 cm³/mol. The molecule has 0 aromatic heterocycles. The van der Waals surface area contributed by atoms with Crippen molar-refractivity contribution in [2.75, 3.05) is 33.0 Å². The molecule has 0 saturated carbocycles. The molecule has 2 saturated heterocycles. The maximum atomic E-state index is 11.5. The van der Waals surface area contributed by atoms with E-state index in [0.29, 0.717) is 39.1 Å². The predicted octanol–water partition coefficient (Wildman–Crippen LogP) is 1.62. The molecular formula is C9H16NO5P. The van der Waals surface area contributed by atoms with Crippen LogP contribution in [0.4, 0.5) is 4.79 Å². The molecule has 2 heterocycles. The van der Waals surface area contributed by atoms with Crippen LogP contribution >= 0.6 is 7.60 Å². The zero-order valence-electron chi connectivity index (χ0n) is 9.22. The molecule has 1 N–H and O–H groups in total. The molecule has 1 spiro atoms. The minimum absolute atomic E-state index is 0.143. The Morgan fingerprint density at radius 3 is 2.25 bits per heavy atom. The standard InChI is InChI=1S/C9H16NO5P/c1-16(13)14-6-9(7-15-16)2-4-10(5-3-9)8(11)12/h2-7H2,1H3,(H,11,12). The second-order valence-corrected chi connectivity index (χ2v) is 6.65. The Labute approximate surface area is 94.1 Å². The van der Waals surface area contributed by atoms with Gasteiger partial charge in [-0.3, -0.25) is 4.57 Å². The second kappa shape index (κ2) is 4.02. The molecule has 0 atom stereocenters. The highest BCUT2D eigenvalue weighted by Crippen LogP contribution is 2.52. The van der Waals surface area contributed by atoms with Gasteiger partial charge in [0.1, 0.15) is 0 Å². The van der Waals surface area contributed by atoms with Crippen molar-refractivity contribution >= 4 is 13.7 Å². The summed E-state index contributed by atoms with van der Waals surface area (Å²) in [6.45, 7) is 3.28. The van der Waals surface area contributed by atoms with Gasteiger partial charge in [-0.1, -0.05) is 0 Å². The van der Waals surface area contributed by atoms with Crippen LogP contribution in [0.15, 0.2) is 0 Å². The van der Waals surface area contributed by atoms with Crippen LogP contribution in [0.1, 0.15) is 12.8 Å². The van der Waals surface area contributed by atoms with Crippen LogP contribution in [0.3, 0.4) is 0 Å². The lowest BCUT2D eigenvalue weighted by Crippen LogP contribution is -2.47. The molecular weight excluding hydrogens is 233 g/mol. The van der Waals surface area contributed by atoms with Gasteiger partial charge in [-0.05, 0) is 12.8 Å². The average Bonchev–Trinajstić information content (AvgIpc) is 2.24. The maximum absolute atomic E-state index is 11.5. The van der Waals surface area contributed by atoms with Crippen molar-refractivity contribution in [2.24, 2.45) is 5.41 Å². The number of hydrogen-bond donors (Lipinski definition) is 1. The van der Waals surface area contributed by atoms with E-state index in [-0.39, 0.29) is 5.41 Å². The molecule has 1 amide bonds. The fourth-order valence-electron chi connectivity index (χ4n) is 2.05. The summed E-state index contributed by atoms with van der Waals surface area (Å²) in [5.41, 5.74) is -0.143. The van der Waals surface area contributed by atoms with Crippen molar-refractivity contribution in [1.29, 1.82) is 0 Å². The highest BCUT2D eigenvalue weighted by atomic mass is 31.2. The molecule has 0 aromatic rings. The number of rotatable bonds is 0. The summed E-state index contributed by atoms with van der Waals surface area (Å²) in [7, 11) is -2.84. The van der Waals surface area contributed by atoms with Crippen LogP contribution in [0.25, 0.3) is 0 Å². The van der Waals surface area contributed by atoms with E-state index < -0.39 is 13.7 Å². The first-order valence-electron chi connectivity index (χ1n) is 5.27. The van der Waals surface area contributed by atoms with Gasteiger partial charge in [0, 0.05) is 25.2 Å². The number of nitrogens with zero attached hydrogens (tertiary/aromatic N) is 1. The minimum Gasteiger partial charge on any atom is -0.465 e. The first kappa shape index (κ1) is 11.9. The van der Waals surface area contributed by atoms with Gasteiger partial charge in [-0.15, -0.1) is 0 Å². The van der Waals surface area contributed by atoms with Crippen molar-refractivity contribution in [3.05, 3.63) is 0 Å². The molecule has 2 fully saturated rings. The summed E-state index contributed by atoms with van der Waals surface area (Å²) in [5.74, 6) is 0. The van der Waals surface area contributed by atoms with Crippen LogP contribution in [0, 0.1) is 5.41 Å². The summed E-state index contributed by atoms with van der Waals surface area (Å²) in [6, 6.07) is 0. The fraction of sp³-hybridized carbons (Fsp3) is 0.889. The third-order valence-electron chi connectivity index (χ3n) is 3.31. The van der Waals surface area contributed by atoms with E-state index >= 15 is 0 Å². The highest BCUT2D eigenvalue weighted by Gasteiger charge is 2.42. The van der Waals surface area contributed by atoms with Gasteiger partial charge in [0.05, 0.1) is 13.2 Å². The molecule has 6 nitrogen and oxygen atoms in total. The topological polar surface area (TPSA) is 76.1 Å². The van der Waals surface area contributed by atoms with Crippen LogP contribution in [-0.4, -0.2) is 49.1 Å². The summed E-state index contributed by atoms with van der Waals surface area (Å²) in [4.78, 5) is 12.1. The molecule has 0 unspecified atom stereocenters. The van der Waals surface area contributed by atoms with Gasteiger partial charge in [-0.2, -0.15) is 0 Å². The van der Waals surface area contributed by atoms with Crippen molar-refractivity contribution in [2.45, 2.75) is 12.8 Å². The Bertz CT molecular complexity index is 323. The first-order valence-corrected chi connectivity index (χ1v) is 7.26. The van der Waals surface area contributed by atoms with E-state index in [2.05, 4.69) is 0 Å². The third kappa shape index (κ3) is 2.39. The van der Waals surface area contributed by atoms with Crippen LogP contribution < -0.4 is 0 Å². The van der Waals surface area contributed by atoms with Gasteiger partial charge in [0.15, 0.2) is 0 Å². The molecule has 92 valence electrons. The molecule has 0 aliphatic carbocycles. The summed E-state index contributed by atoms with van der Waals surface area (Å²) in [5, 5.41) is 8.83. The number of piperidine rings is 1. The van der Waals surface area contributed by atoms with Gasteiger partial charge in [0.2, 0.25) is 0 Å². The molecule has 16 heavy (non-hydrogen) atoms. The Kier molecular flexibility index (Phi) is 2.99. The Hall–Kier alpha value is -0.580. The molecule has 0 bridgehead atoms.